The molecule has 0 spiro atoms. The van der Waals surface area contributed by atoms with Crippen LogP contribution in [0.15, 0.2) is 53.6 Å². The maximum absolute atomic E-state index is 15.4. The van der Waals surface area contributed by atoms with Crippen molar-refractivity contribution in [1.29, 1.82) is 0 Å². The van der Waals surface area contributed by atoms with E-state index in [1.165, 1.54) is 0 Å². The molecule has 5 nitrogen and oxygen atoms in total. The zero-order valence-corrected chi connectivity index (χ0v) is 24.1. The number of aliphatic hydroxyl groups is 1. The van der Waals surface area contributed by atoms with Gasteiger partial charge < -0.3 is 9.84 Å². The summed E-state index contributed by atoms with van der Waals surface area (Å²) in [7, 11) is 0. The second-order valence-electron chi connectivity index (χ2n) is 13.9. The van der Waals surface area contributed by atoms with Crippen LogP contribution in [0.5, 0.6) is 0 Å². The number of hydrogen-bond acceptors (Lipinski definition) is 5. The molecule has 1 aromatic carbocycles. The fraction of sp³-hybridized carbons (Fsp3) is 0.606. The first-order valence-corrected chi connectivity index (χ1v) is 14.0. The third-order valence-corrected chi connectivity index (χ3v) is 10.8. The van der Waals surface area contributed by atoms with Gasteiger partial charge in [-0.1, -0.05) is 67.5 Å². The van der Waals surface area contributed by atoms with E-state index in [0.29, 0.717) is 18.4 Å². The minimum Gasteiger partial charge on any atom is -0.364 e. The second-order valence-corrected chi connectivity index (χ2v) is 13.9. The van der Waals surface area contributed by atoms with Crippen molar-refractivity contribution in [2.24, 2.45) is 33.5 Å². The lowest BCUT2D eigenvalue weighted by molar-refractivity contribution is -0.324. The van der Waals surface area contributed by atoms with Crippen LogP contribution in [-0.2, 0) is 14.3 Å². The molecule has 6 bridgehead atoms. The van der Waals surface area contributed by atoms with E-state index in [2.05, 4.69) is 0 Å². The minimum atomic E-state index is -2.02. The Morgan fingerprint density at radius 3 is 2.11 bits per heavy atom. The van der Waals surface area contributed by atoms with Crippen LogP contribution < -0.4 is 0 Å². The molecule has 1 aromatic rings. The Kier molecular flexibility index (Phi) is 5.78. The molecule has 1 saturated heterocycles. The van der Waals surface area contributed by atoms with Gasteiger partial charge in [-0.05, 0) is 78.6 Å². The Labute approximate surface area is 226 Å². The van der Waals surface area contributed by atoms with Crippen LogP contribution in [0.4, 0.5) is 0 Å². The highest BCUT2D eigenvalue weighted by atomic mass is 16.7. The van der Waals surface area contributed by atoms with Gasteiger partial charge in [-0.15, -0.1) is 0 Å². The Hall–Kier alpha value is -2.37. The summed E-state index contributed by atoms with van der Waals surface area (Å²) < 4.78 is 6.63. The van der Waals surface area contributed by atoms with Gasteiger partial charge in [0.05, 0.1) is 16.4 Å². The highest BCUT2D eigenvalue weighted by molar-refractivity contribution is 6.34. The van der Waals surface area contributed by atoms with Gasteiger partial charge in [-0.2, -0.15) is 0 Å². The summed E-state index contributed by atoms with van der Waals surface area (Å²) in [6.45, 7) is 15.6. The molecule has 1 aliphatic heterocycles. The van der Waals surface area contributed by atoms with E-state index in [1.54, 1.807) is 24.3 Å². The lowest BCUT2D eigenvalue weighted by atomic mass is 9.35. The molecule has 1 N–H and O–H groups in total. The average molecular weight is 519 g/mol. The van der Waals surface area contributed by atoms with Crippen LogP contribution in [0, 0.1) is 33.5 Å². The molecular formula is C33H42O5. The number of ketones is 3. The second kappa shape index (κ2) is 8.08. The van der Waals surface area contributed by atoms with Crippen LogP contribution >= 0.6 is 0 Å². The topological polar surface area (TPSA) is 80.7 Å². The summed E-state index contributed by atoms with van der Waals surface area (Å²) in [4.78, 5) is 45.3. The smallest absolute Gasteiger partial charge is 0.192 e. The Balaban J connectivity index is 1.94. The van der Waals surface area contributed by atoms with Crippen LogP contribution in [0.2, 0.25) is 0 Å². The van der Waals surface area contributed by atoms with Crippen molar-refractivity contribution in [2.45, 2.75) is 92.5 Å². The maximum atomic E-state index is 15.4. The van der Waals surface area contributed by atoms with E-state index in [4.69, 9.17) is 4.74 Å². The molecule has 204 valence electrons. The van der Waals surface area contributed by atoms with E-state index in [1.807, 2.05) is 73.6 Å². The van der Waals surface area contributed by atoms with Gasteiger partial charge in [-0.25, -0.2) is 0 Å². The highest BCUT2D eigenvalue weighted by Gasteiger charge is 2.92. The van der Waals surface area contributed by atoms with E-state index < -0.39 is 50.4 Å². The molecular weight excluding hydrogens is 476 g/mol. The molecule has 5 fully saturated rings. The number of benzene rings is 1. The first-order chi connectivity index (χ1) is 17.6. The number of hydrogen-bond donors (Lipinski definition) is 1. The summed E-state index contributed by atoms with van der Waals surface area (Å²) in [5, 5.41) is 12.9. The molecule has 38 heavy (non-hydrogen) atoms. The quantitative estimate of drug-likeness (QED) is 0.273. The Morgan fingerprint density at radius 1 is 0.947 bits per heavy atom. The summed E-state index contributed by atoms with van der Waals surface area (Å²) in [6, 6.07) is 8.76. The first kappa shape index (κ1) is 27.2. The van der Waals surface area contributed by atoms with Gasteiger partial charge in [0.15, 0.2) is 28.6 Å². The van der Waals surface area contributed by atoms with E-state index in [-0.39, 0.29) is 24.7 Å². The zero-order chi connectivity index (χ0) is 28.1. The molecule has 4 aliphatic carbocycles. The summed E-state index contributed by atoms with van der Waals surface area (Å²) in [5.41, 5.74) is -4.16. The molecule has 4 unspecified atom stereocenters. The van der Waals surface area contributed by atoms with Gasteiger partial charge in [0.2, 0.25) is 0 Å². The third kappa shape index (κ3) is 2.87. The van der Waals surface area contributed by atoms with E-state index >= 15 is 9.59 Å². The number of carbonyl (C=O) groups is 3. The van der Waals surface area contributed by atoms with Gasteiger partial charge in [0, 0.05) is 11.5 Å². The van der Waals surface area contributed by atoms with Gasteiger partial charge in [-0.3, -0.25) is 14.4 Å². The van der Waals surface area contributed by atoms with E-state index in [0.717, 1.165) is 11.1 Å². The maximum Gasteiger partial charge on any atom is 0.192 e. The van der Waals surface area contributed by atoms with Crippen LogP contribution in [0.3, 0.4) is 0 Å². The third-order valence-electron chi connectivity index (χ3n) is 10.8. The van der Waals surface area contributed by atoms with Crippen molar-refractivity contribution in [3.8, 4) is 0 Å². The van der Waals surface area contributed by atoms with Crippen molar-refractivity contribution in [3.05, 3.63) is 59.2 Å². The molecule has 0 amide bonds. The van der Waals surface area contributed by atoms with Crippen LogP contribution in [-0.4, -0.2) is 33.8 Å². The molecule has 4 saturated carbocycles. The SMILES string of the molecule is CC(C)=CCC12C[C@@H]3C[C@H]4C(C)(C)OC1(O)C4(CC=C(C)C)C(=O)C(C(=O)c1ccccc1)(C2=O)C3(C)C. The molecule has 5 aliphatic rings. The predicted molar refractivity (Wildman–Crippen MR) is 146 cm³/mol. The van der Waals surface area contributed by atoms with Crippen molar-refractivity contribution < 1.29 is 24.2 Å². The summed E-state index contributed by atoms with van der Waals surface area (Å²) in [5.74, 6) is -3.84. The van der Waals surface area contributed by atoms with Gasteiger partial charge in [0.1, 0.15) is 0 Å². The predicted octanol–water partition coefficient (Wildman–Crippen LogP) is 6.26. The molecule has 6 rings (SSSR count). The monoisotopic (exact) mass is 518 g/mol. The number of Topliss-reactive ketones (excluding diaryl/α,β-unsaturated/α-hetero) is 3. The zero-order valence-electron chi connectivity index (χ0n) is 24.1. The molecule has 0 aromatic heterocycles. The highest BCUT2D eigenvalue weighted by Crippen LogP contribution is 2.80. The van der Waals surface area contributed by atoms with Gasteiger partial charge in [0.25, 0.3) is 0 Å². The number of allylic oxidation sites excluding steroid dienone is 4. The number of ether oxygens (including phenoxy) is 1. The molecule has 6 atom stereocenters. The molecule has 0 radical (unpaired) electrons. The fourth-order valence-corrected chi connectivity index (χ4v) is 8.84. The van der Waals surface area contributed by atoms with Crippen LogP contribution in [0.1, 0.15) is 91.4 Å². The van der Waals surface area contributed by atoms with Crippen molar-refractivity contribution >= 4 is 17.3 Å². The van der Waals surface area contributed by atoms with Crippen molar-refractivity contribution in [2.75, 3.05) is 0 Å². The minimum absolute atomic E-state index is 0.127. The van der Waals surface area contributed by atoms with Crippen LogP contribution in [0.25, 0.3) is 0 Å². The standard InChI is InChI=1S/C33H42O5/c1-20(2)14-16-30-19-23-18-24-29(7,8)38-33(30,37)31(24,17-15-21(3)4)27(36)32(26(30)35,28(23,5)6)25(34)22-12-10-9-11-13-22/h9-15,23-24,37H,16-19H2,1-8H3/t23-,24-,30?,31?,32?,33?/m0/s1. The molecule has 1 heterocycles. The Bertz CT molecular complexity index is 1280. The first-order valence-electron chi connectivity index (χ1n) is 14.0. The van der Waals surface area contributed by atoms with Crippen molar-refractivity contribution in [3.63, 3.8) is 0 Å². The van der Waals surface area contributed by atoms with E-state index in [9.17, 15) is 9.90 Å². The largest absolute Gasteiger partial charge is 0.364 e. The fourth-order valence-electron chi connectivity index (χ4n) is 8.84. The number of rotatable bonds is 6. The van der Waals surface area contributed by atoms with Crippen molar-refractivity contribution in [1.82, 2.24) is 0 Å². The Morgan fingerprint density at radius 2 is 1.53 bits per heavy atom. The normalized spacial score (nSPS) is 39.6. The lowest BCUT2D eigenvalue weighted by Gasteiger charge is -2.65. The lowest BCUT2D eigenvalue weighted by Crippen LogP contribution is -2.80. The van der Waals surface area contributed by atoms with Gasteiger partial charge >= 0.3 is 0 Å². The summed E-state index contributed by atoms with van der Waals surface area (Å²) in [6.07, 6.45) is 5.42. The summed E-state index contributed by atoms with van der Waals surface area (Å²) >= 11 is 0. The molecule has 5 heteroatoms. The number of carbonyl (C=O) groups excluding carboxylic acids is 3. The average Bonchev–Trinajstić information content (AvgIpc) is 2.92.